The van der Waals surface area contributed by atoms with Gasteiger partial charge in [-0.1, -0.05) is 37.6 Å². The van der Waals surface area contributed by atoms with Gasteiger partial charge in [-0.3, -0.25) is 9.48 Å². The summed E-state index contributed by atoms with van der Waals surface area (Å²) in [6.45, 7) is 6.03. The van der Waals surface area contributed by atoms with E-state index in [1.54, 1.807) is 14.0 Å². The molecular weight excluding hydrogens is 274 g/mol. The first-order valence-corrected chi connectivity index (χ1v) is 6.88. The van der Waals surface area contributed by atoms with Crippen LogP contribution in [0.1, 0.15) is 41.4 Å². The zero-order chi connectivity index (χ0) is 14.9. The molecule has 1 N–H and O–H groups in total. The molecule has 0 aliphatic rings. The Bertz CT molecular complexity index is 629. The highest BCUT2D eigenvalue weighted by molar-refractivity contribution is 6.33. The summed E-state index contributed by atoms with van der Waals surface area (Å²) in [6.07, 6.45) is 0. The highest BCUT2D eigenvalue weighted by Crippen LogP contribution is 2.21. The Morgan fingerprint density at radius 1 is 1.30 bits per heavy atom. The van der Waals surface area contributed by atoms with Crippen LogP contribution in [0.15, 0.2) is 24.3 Å². The van der Waals surface area contributed by atoms with Crippen LogP contribution in [0.5, 0.6) is 0 Å². The first kappa shape index (κ1) is 14.6. The maximum Gasteiger partial charge on any atom is 0.260 e. The van der Waals surface area contributed by atoms with E-state index in [0.717, 1.165) is 5.69 Å². The molecule has 5 heteroatoms. The number of hydrogen-bond donors (Lipinski definition) is 1. The molecule has 2 aromatic rings. The number of aryl methyl sites for hydroxylation is 2. The van der Waals surface area contributed by atoms with Crippen molar-refractivity contribution in [2.45, 2.75) is 26.7 Å². The number of nitrogens with one attached hydrogen (secondary N) is 1. The first-order valence-electron chi connectivity index (χ1n) is 6.50. The SMILES string of the molecule is Cc1nn(C)c(Cl)c1C(=O)Nc1ccc(C(C)C)cc1. The van der Waals surface area contributed by atoms with E-state index in [4.69, 9.17) is 11.6 Å². The topological polar surface area (TPSA) is 46.9 Å². The maximum absolute atomic E-state index is 12.2. The average Bonchev–Trinajstić information content (AvgIpc) is 2.63. The lowest BCUT2D eigenvalue weighted by atomic mass is 10.0. The van der Waals surface area contributed by atoms with Gasteiger partial charge in [0.05, 0.1) is 11.3 Å². The van der Waals surface area contributed by atoms with E-state index >= 15 is 0 Å². The second-order valence-electron chi connectivity index (χ2n) is 5.11. The van der Waals surface area contributed by atoms with Crippen molar-refractivity contribution in [3.8, 4) is 0 Å². The molecule has 106 valence electrons. The molecule has 0 spiro atoms. The number of nitrogens with zero attached hydrogens (tertiary/aromatic N) is 2. The van der Waals surface area contributed by atoms with E-state index in [1.807, 2.05) is 24.3 Å². The maximum atomic E-state index is 12.2. The Kier molecular flexibility index (Phi) is 4.14. The second kappa shape index (κ2) is 5.67. The molecule has 0 fully saturated rings. The van der Waals surface area contributed by atoms with Crippen LogP contribution < -0.4 is 5.32 Å². The molecule has 0 atom stereocenters. The number of benzene rings is 1. The van der Waals surface area contributed by atoms with Gasteiger partial charge in [-0.25, -0.2) is 0 Å². The first-order chi connectivity index (χ1) is 9.40. The molecule has 1 heterocycles. The van der Waals surface area contributed by atoms with E-state index in [2.05, 4.69) is 24.3 Å². The van der Waals surface area contributed by atoms with Crippen LogP contribution in [-0.4, -0.2) is 15.7 Å². The minimum Gasteiger partial charge on any atom is -0.322 e. The van der Waals surface area contributed by atoms with Crippen molar-refractivity contribution < 1.29 is 4.79 Å². The minimum atomic E-state index is -0.238. The lowest BCUT2D eigenvalue weighted by Gasteiger charge is -2.08. The molecule has 1 aromatic carbocycles. The van der Waals surface area contributed by atoms with Gasteiger partial charge < -0.3 is 5.32 Å². The van der Waals surface area contributed by atoms with Gasteiger partial charge in [-0.05, 0) is 30.5 Å². The van der Waals surface area contributed by atoms with Gasteiger partial charge >= 0.3 is 0 Å². The Morgan fingerprint density at radius 3 is 2.35 bits per heavy atom. The van der Waals surface area contributed by atoms with Crippen LogP contribution in [0.2, 0.25) is 5.15 Å². The van der Waals surface area contributed by atoms with Crippen LogP contribution in [-0.2, 0) is 7.05 Å². The molecule has 0 aliphatic carbocycles. The predicted molar refractivity (Wildman–Crippen MR) is 81.4 cm³/mol. The van der Waals surface area contributed by atoms with E-state index in [9.17, 15) is 4.79 Å². The summed E-state index contributed by atoms with van der Waals surface area (Å²) in [5.74, 6) is 0.229. The predicted octanol–water partition coefficient (Wildman–Crippen LogP) is 3.76. The minimum absolute atomic E-state index is 0.238. The van der Waals surface area contributed by atoms with Crippen molar-refractivity contribution in [2.24, 2.45) is 7.05 Å². The van der Waals surface area contributed by atoms with E-state index in [0.29, 0.717) is 22.3 Å². The van der Waals surface area contributed by atoms with Crippen LogP contribution in [0.25, 0.3) is 0 Å². The van der Waals surface area contributed by atoms with Crippen molar-refractivity contribution in [1.29, 1.82) is 0 Å². The summed E-state index contributed by atoms with van der Waals surface area (Å²) in [5.41, 5.74) is 3.02. The lowest BCUT2D eigenvalue weighted by Crippen LogP contribution is -2.13. The van der Waals surface area contributed by atoms with E-state index in [1.165, 1.54) is 10.2 Å². The van der Waals surface area contributed by atoms with Gasteiger partial charge in [-0.2, -0.15) is 5.10 Å². The van der Waals surface area contributed by atoms with Crippen molar-refractivity contribution in [2.75, 3.05) is 5.32 Å². The Balaban J connectivity index is 2.19. The van der Waals surface area contributed by atoms with Crippen molar-refractivity contribution >= 4 is 23.2 Å². The summed E-state index contributed by atoms with van der Waals surface area (Å²) in [4.78, 5) is 12.2. The molecule has 20 heavy (non-hydrogen) atoms. The largest absolute Gasteiger partial charge is 0.322 e. The molecule has 0 saturated heterocycles. The number of rotatable bonds is 3. The number of hydrogen-bond acceptors (Lipinski definition) is 2. The quantitative estimate of drug-likeness (QED) is 0.936. The van der Waals surface area contributed by atoms with Crippen LogP contribution in [0.3, 0.4) is 0 Å². The lowest BCUT2D eigenvalue weighted by molar-refractivity contribution is 0.102. The fraction of sp³-hybridized carbons (Fsp3) is 0.333. The summed E-state index contributed by atoms with van der Waals surface area (Å²) in [5, 5.41) is 7.32. The van der Waals surface area contributed by atoms with Crippen molar-refractivity contribution in [1.82, 2.24) is 9.78 Å². The molecule has 0 unspecified atom stereocenters. The number of halogens is 1. The summed E-state index contributed by atoms with van der Waals surface area (Å²) >= 11 is 6.08. The third-order valence-electron chi connectivity index (χ3n) is 3.21. The summed E-state index contributed by atoms with van der Waals surface area (Å²) in [7, 11) is 1.71. The summed E-state index contributed by atoms with van der Waals surface area (Å²) < 4.78 is 1.49. The Labute approximate surface area is 123 Å². The second-order valence-corrected chi connectivity index (χ2v) is 5.46. The van der Waals surface area contributed by atoms with Gasteiger partial charge in [0.2, 0.25) is 0 Å². The molecule has 4 nitrogen and oxygen atoms in total. The molecule has 0 aliphatic heterocycles. The standard InChI is InChI=1S/C15H18ClN3O/c1-9(2)11-5-7-12(8-6-11)17-15(20)13-10(3)18-19(4)14(13)16/h5-9H,1-4H3,(H,17,20). The van der Waals surface area contributed by atoms with Crippen molar-refractivity contribution in [3.63, 3.8) is 0 Å². The molecule has 0 radical (unpaired) electrons. The zero-order valence-corrected chi connectivity index (χ0v) is 12.8. The van der Waals surface area contributed by atoms with Gasteiger partial charge in [0.15, 0.2) is 0 Å². The zero-order valence-electron chi connectivity index (χ0n) is 12.1. The summed E-state index contributed by atoms with van der Waals surface area (Å²) in [6, 6.07) is 7.82. The molecular formula is C15H18ClN3O. The third kappa shape index (κ3) is 2.85. The number of amides is 1. The number of carbonyl (C=O) groups excluding carboxylic acids is 1. The Morgan fingerprint density at radius 2 is 1.90 bits per heavy atom. The molecule has 1 aromatic heterocycles. The van der Waals surface area contributed by atoms with Gasteiger partial charge in [0.1, 0.15) is 5.15 Å². The monoisotopic (exact) mass is 291 g/mol. The number of aromatic nitrogens is 2. The van der Waals surface area contributed by atoms with Crippen LogP contribution in [0.4, 0.5) is 5.69 Å². The van der Waals surface area contributed by atoms with Crippen molar-refractivity contribution in [3.05, 3.63) is 46.2 Å². The normalized spacial score (nSPS) is 10.9. The average molecular weight is 292 g/mol. The highest BCUT2D eigenvalue weighted by Gasteiger charge is 2.18. The smallest absolute Gasteiger partial charge is 0.260 e. The molecule has 0 bridgehead atoms. The van der Waals surface area contributed by atoms with E-state index in [-0.39, 0.29) is 5.91 Å². The van der Waals surface area contributed by atoms with Crippen LogP contribution >= 0.6 is 11.6 Å². The fourth-order valence-electron chi connectivity index (χ4n) is 2.03. The molecule has 2 rings (SSSR count). The molecule has 0 saturated carbocycles. The number of carbonyl (C=O) groups is 1. The van der Waals surface area contributed by atoms with Gasteiger partial charge in [-0.15, -0.1) is 0 Å². The van der Waals surface area contributed by atoms with Gasteiger partial charge in [0, 0.05) is 12.7 Å². The third-order valence-corrected chi connectivity index (χ3v) is 3.65. The fourth-order valence-corrected chi connectivity index (χ4v) is 2.29. The highest BCUT2D eigenvalue weighted by atomic mass is 35.5. The van der Waals surface area contributed by atoms with Gasteiger partial charge in [0.25, 0.3) is 5.91 Å². The number of anilines is 1. The van der Waals surface area contributed by atoms with E-state index < -0.39 is 0 Å². The Hall–Kier alpha value is -1.81. The molecule has 1 amide bonds. The van der Waals surface area contributed by atoms with Crippen LogP contribution in [0, 0.1) is 6.92 Å².